The molecule has 0 spiro atoms. The minimum Gasteiger partial charge on any atom is -0.497 e. The molecule has 84 valence electrons. The van der Waals surface area contributed by atoms with E-state index in [4.69, 9.17) is 9.47 Å². The lowest BCUT2D eigenvalue weighted by Crippen LogP contribution is -2.29. The van der Waals surface area contributed by atoms with Gasteiger partial charge in [-0.15, -0.1) is 0 Å². The second kappa shape index (κ2) is 4.35. The number of hydrogen-bond acceptors (Lipinski definition) is 4. The molecule has 0 aromatic heterocycles. The number of hydrogen-bond donors (Lipinski definition) is 0. The zero-order chi connectivity index (χ0) is 11.5. The molecule has 4 nitrogen and oxygen atoms in total. The van der Waals surface area contributed by atoms with E-state index in [9.17, 15) is 9.59 Å². The van der Waals surface area contributed by atoms with Crippen molar-refractivity contribution in [2.24, 2.45) is 0 Å². The number of benzene rings is 1. The van der Waals surface area contributed by atoms with Crippen molar-refractivity contribution in [1.82, 2.24) is 0 Å². The number of fused-ring (bicyclic) bond motifs is 1. The Hall–Kier alpha value is -1.84. The molecule has 0 saturated heterocycles. The summed E-state index contributed by atoms with van der Waals surface area (Å²) >= 11 is 0. The van der Waals surface area contributed by atoms with Gasteiger partial charge in [0.1, 0.15) is 5.75 Å². The van der Waals surface area contributed by atoms with Crippen LogP contribution in [0.15, 0.2) is 18.2 Å². The van der Waals surface area contributed by atoms with Gasteiger partial charge in [0.2, 0.25) is 5.78 Å². The maximum atomic E-state index is 11.9. The maximum absolute atomic E-state index is 11.9. The highest BCUT2D eigenvalue weighted by atomic mass is 16.5. The van der Waals surface area contributed by atoms with Crippen LogP contribution in [0.1, 0.15) is 22.3 Å². The van der Waals surface area contributed by atoms with Gasteiger partial charge in [-0.3, -0.25) is 9.59 Å². The summed E-state index contributed by atoms with van der Waals surface area (Å²) < 4.78 is 9.84. The van der Waals surface area contributed by atoms with Gasteiger partial charge in [-0.05, 0) is 36.6 Å². The third kappa shape index (κ3) is 1.78. The molecule has 1 aromatic rings. The lowest BCUT2D eigenvalue weighted by atomic mass is 9.88. The Morgan fingerprint density at radius 3 is 2.94 bits per heavy atom. The van der Waals surface area contributed by atoms with Gasteiger partial charge in [0.15, 0.2) is 6.10 Å². The molecule has 0 fully saturated rings. The highest BCUT2D eigenvalue weighted by Crippen LogP contribution is 2.26. The smallest absolute Gasteiger partial charge is 0.293 e. The predicted octanol–water partition coefficient (Wildman–Crippen LogP) is 1.37. The van der Waals surface area contributed by atoms with Crippen LogP contribution in [-0.4, -0.2) is 25.5 Å². The number of ketones is 1. The van der Waals surface area contributed by atoms with Crippen LogP contribution < -0.4 is 4.74 Å². The fraction of sp³-hybridized carbons (Fsp3) is 0.333. The van der Waals surface area contributed by atoms with Crippen molar-refractivity contribution in [2.45, 2.75) is 18.9 Å². The summed E-state index contributed by atoms with van der Waals surface area (Å²) in [6.07, 6.45) is 0.632. The number of ether oxygens (including phenoxy) is 2. The first-order valence-corrected chi connectivity index (χ1v) is 5.06. The Bertz CT molecular complexity index is 425. The van der Waals surface area contributed by atoms with Crippen LogP contribution in [-0.2, 0) is 16.0 Å². The highest BCUT2D eigenvalue weighted by molar-refractivity contribution is 6.02. The normalized spacial score (nSPS) is 18.8. The summed E-state index contributed by atoms with van der Waals surface area (Å²) in [4.78, 5) is 22.1. The number of carbonyl (C=O) groups excluding carboxylic acids is 2. The molecule has 1 aromatic carbocycles. The molecule has 16 heavy (non-hydrogen) atoms. The monoisotopic (exact) mass is 220 g/mol. The maximum Gasteiger partial charge on any atom is 0.293 e. The molecule has 0 aliphatic heterocycles. The fourth-order valence-corrected chi connectivity index (χ4v) is 1.93. The van der Waals surface area contributed by atoms with Gasteiger partial charge in [0.05, 0.1) is 7.11 Å². The van der Waals surface area contributed by atoms with Crippen LogP contribution in [0.25, 0.3) is 0 Å². The second-order valence-corrected chi connectivity index (χ2v) is 3.65. The number of aryl methyl sites for hydroxylation is 1. The van der Waals surface area contributed by atoms with Gasteiger partial charge in [0, 0.05) is 5.56 Å². The van der Waals surface area contributed by atoms with Crippen LogP contribution in [0.3, 0.4) is 0 Å². The summed E-state index contributed by atoms with van der Waals surface area (Å²) in [5, 5.41) is 0. The molecule has 0 bridgehead atoms. The number of Topliss-reactive ketones (excluding diaryl/α,β-unsaturated/α-hetero) is 1. The minimum atomic E-state index is -0.626. The van der Waals surface area contributed by atoms with E-state index >= 15 is 0 Å². The van der Waals surface area contributed by atoms with Gasteiger partial charge in [-0.25, -0.2) is 0 Å². The zero-order valence-corrected chi connectivity index (χ0v) is 8.93. The van der Waals surface area contributed by atoms with E-state index in [1.54, 1.807) is 19.2 Å². The van der Waals surface area contributed by atoms with Crippen molar-refractivity contribution in [2.75, 3.05) is 7.11 Å². The Morgan fingerprint density at radius 2 is 2.25 bits per heavy atom. The molecule has 0 saturated carbocycles. The molecule has 2 rings (SSSR count). The molecule has 0 heterocycles. The van der Waals surface area contributed by atoms with E-state index in [0.717, 1.165) is 17.7 Å². The molecule has 1 aliphatic rings. The first-order chi connectivity index (χ1) is 7.76. The second-order valence-electron chi connectivity index (χ2n) is 3.65. The summed E-state index contributed by atoms with van der Waals surface area (Å²) in [6.45, 7) is 0.330. The van der Waals surface area contributed by atoms with Crippen molar-refractivity contribution in [3.05, 3.63) is 29.3 Å². The van der Waals surface area contributed by atoms with E-state index in [0.29, 0.717) is 18.5 Å². The number of rotatable bonds is 3. The molecular formula is C12H12O4. The molecular weight excluding hydrogens is 208 g/mol. The molecule has 0 radical (unpaired) electrons. The van der Waals surface area contributed by atoms with Gasteiger partial charge < -0.3 is 9.47 Å². The summed E-state index contributed by atoms with van der Waals surface area (Å²) in [7, 11) is 1.59. The third-order valence-corrected chi connectivity index (χ3v) is 2.77. The summed E-state index contributed by atoms with van der Waals surface area (Å²) in [5.41, 5.74) is 1.58. The van der Waals surface area contributed by atoms with Crippen molar-refractivity contribution in [1.29, 1.82) is 0 Å². The average Bonchev–Trinajstić information content (AvgIpc) is 2.32. The lowest BCUT2D eigenvalue weighted by molar-refractivity contribution is -0.132. The predicted molar refractivity (Wildman–Crippen MR) is 56.6 cm³/mol. The first-order valence-electron chi connectivity index (χ1n) is 5.06. The van der Waals surface area contributed by atoms with Crippen LogP contribution >= 0.6 is 0 Å². The quantitative estimate of drug-likeness (QED) is 0.722. The van der Waals surface area contributed by atoms with Crippen molar-refractivity contribution < 1.29 is 19.1 Å². The zero-order valence-electron chi connectivity index (χ0n) is 8.93. The van der Waals surface area contributed by atoms with Crippen LogP contribution in [0.2, 0.25) is 0 Å². The van der Waals surface area contributed by atoms with Crippen LogP contribution in [0, 0.1) is 0 Å². The van der Waals surface area contributed by atoms with Crippen LogP contribution in [0.5, 0.6) is 5.75 Å². The topological polar surface area (TPSA) is 52.6 Å². The Kier molecular flexibility index (Phi) is 2.90. The van der Waals surface area contributed by atoms with E-state index in [-0.39, 0.29) is 5.78 Å². The highest BCUT2D eigenvalue weighted by Gasteiger charge is 2.28. The van der Waals surface area contributed by atoms with Crippen molar-refractivity contribution in [3.8, 4) is 5.75 Å². The van der Waals surface area contributed by atoms with Gasteiger partial charge >= 0.3 is 0 Å². The SMILES string of the molecule is COc1ccc2c(c1)CCC(OC=O)C2=O. The van der Waals surface area contributed by atoms with E-state index in [2.05, 4.69) is 0 Å². The molecule has 1 atom stereocenters. The standard InChI is InChI=1S/C12H12O4/c1-15-9-3-4-10-8(6-9)2-5-11(12(10)14)16-7-13/h3-4,6-7,11H,2,5H2,1H3. The Balaban J connectivity index is 2.31. The van der Waals surface area contributed by atoms with E-state index in [1.165, 1.54) is 0 Å². The average molecular weight is 220 g/mol. The number of carbonyl (C=O) groups is 2. The fourth-order valence-electron chi connectivity index (χ4n) is 1.93. The van der Waals surface area contributed by atoms with Crippen molar-refractivity contribution in [3.63, 3.8) is 0 Å². The Labute approximate surface area is 93.2 Å². The summed E-state index contributed by atoms with van der Waals surface area (Å²) in [5.74, 6) is 0.609. The molecule has 0 amide bonds. The molecule has 1 unspecified atom stereocenters. The molecule has 0 N–H and O–H groups in total. The number of methoxy groups -OCH3 is 1. The van der Waals surface area contributed by atoms with E-state index < -0.39 is 6.10 Å². The molecule has 1 aliphatic carbocycles. The Morgan fingerprint density at radius 1 is 1.44 bits per heavy atom. The van der Waals surface area contributed by atoms with Gasteiger partial charge in [-0.1, -0.05) is 0 Å². The largest absolute Gasteiger partial charge is 0.497 e. The summed E-state index contributed by atoms with van der Waals surface area (Å²) in [6, 6.07) is 5.31. The van der Waals surface area contributed by atoms with E-state index in [1.807, 2.05) is 6.07 Å². The lowest BCUT2D eigenvalue weighted by Gasteiger charge is -2.22. The van der Waals surface area contributed by atoms with Crippen molar-refractivity contribution >= 4 is 12.3 Å². The van der Waals surface area contributed by atoms with Gasteiger partial charge in [-0.2, -0.15) is 0 Å². The minimum absolute atomic E-state index is 0.129. The van der Waals surface area contributed by atoms with Gasteiger partial charge in [0.25, 0.3) is 6.47 Å². The first kappa shape index (κ1) is 10.7. The van der Waals surface area contributed by atoms with Crippen LogP contribution in [0.4, 0.5) is 0 Å². The third-order valence-electron chi connectivity index (χ3n) is 2.77. The molecule has 4 heteroatoms.